The molecule has 150 valence electrons. The third-order valence-electron chi connectivity index (χ3n) is 4.32. The number of benzene rings is 2. The highest BCUT2D eigenvalue weighted by atomic mass is 32.2. The molecule has 1 aliphatic heterocycles. The van der Waals surface area contributed by atoms with E-state index in [1.165, 1.54) is 0 Å². The molecule has 0 unspecified atom stereocenters. The molecule has 2 aromatic rings. The molecule has 1 amide bonds. The van der Waals surface area contributed by atoms with Crippen LogP contribution >= 0.6 is 0 Å². The number of nitrogens with one attached hydrogen (secondary N) is 1. The number of likely N-dealkylation sites (tertiary alicyclic amines) is 1. The average Bonchev–Trinajstić information content (AvgIpc) is 3.02. The lowest BCUT2D eigenvalue weighted by Crippen LogP contribution is -2.24. The third kappa shape index (κ3) is 4.11. The predicted molar refractivity (Wildman–Crippen MR) is 94.0 cm³/mol. The SMILES string of the molecule is O=C1CCCN1Cc1ccc(Nc2ccc(F)cc2S(=O)(=O)C(F)(F)F)cc1. The van der Waals surface area contributed by atoms with Crippen LogP contribution in [0.5, 0.6) is 0 Å². The molecule has 0 spiro atoms. The van der Waals surface area contributed by atoms with Gasteiger partial charge >= 0.3 is 5.51 Å². The third-order valence-corrected chi connectivity index (χ3v) is 5.84. The first-order valence-corrected chi connectivity index (χ1v) is 9.81. The number of anilines is 2. The number of carbonyl (C=O) groups is 1. The van der Waals surface area contributed by atoms with Crippen molar-refractivity contribution in [3.8, 4) is 0 Å². The molecule has 10 heteroatoms. The van der Waals surface area contributed by atoms with Crippen LogP contribution in [0.15, 0.2) is 47.4 Å². The van der Waals surface area contributed by atoms with E-state index < -0.39 is 26.1 Å². The summed E-state index contributed by atoms with van der Waals surface area (Å²) in [5.74, 6) is -1.03. The van der Waals surface area contributed by atoms with E-state index in [0.717, 1.165) is 24.1 Å². The van der Waals surface area contributed by atoms with E-state index in [-0.39, 0.29) is 11.6 Å². The van der Waals surface area contributed by atoms with E-state index in [0.29, 0.717) is 31.3 Å². The van der Waals surface area contributed by atoms with E-state index in [2.05, 4.69) is 5.32 Å². The van der Waals surface area contributed by atoms with Crippen LogP contribution < -0.4 is 5.32 Å². The number of alkyl halides is 3. The summed E-state index contributed by atoms with van der Waals surface area (Å²) in [6, 6.07) is 8.57. The Balaban J connectivity index is 1.83. The molecule has 0 aliphatic carbocycles. The summed E-state index contributed by atoms with van der Waals surface area (Å²) < 4.78 is 75.5. The molecule has 1 fully saturated rings. The number of amides is 1. The van der Waals surface area contributed by atoms with Crippen LogP contribution in [0.2, 0.25) is 0 Å². The number of nitrogens with zero attached hydrogens (tertiary/aromatic N) is 1. The van der Waals surface area contributed by atoms with Gasteiger partial charge in [0.1, 0.15) is 10.7 Å². The minimum atomic E-state index is -5.73. The number of hydrogen-bond acceptors (Lipinski definition) is 4. The lowest BCUT2D eigenvalue weighted by Gasteiger charge is -2.17. The number of rotatable bonds is 5. The lowest BCUT2D eigenvalue weighted by atomic mass is 10.2. The number of carbonyl (C=O) groups excluding carboxylic acids is 1. The summed E-state index contributed by atoms with van der Waals surface area (Å²) in [6.07, 6.45) is 1.32. The van der Waals surface area contributed by atoms with Gasteiger partial charge in [-0.3, -0.25) is 4.79 Å². The van der Waals surface area contributed by atoms with Crippen molar-refractivity contribution < 1.29 is 30.8 Å². The maximum Gasteiger partial charge on any atom is 0.501 e. The summed E-state index contributed by atoms with van der Waals surface area (Å²) in [5, 5.41) is 2.58. The van der Waals surface area contributed by atoms with E-state index in [9.17, 15) is 30.8 Å². The van der Waals surface area contributed by atoms with Gasteiger partial charge in [0.15, 0.2) is 0 Å². The standard InChI is InChI=1S/C18H16F4N2O3S/c19-13-5-8-15(16(10-13)28(26,27)18(20,21)22)23-14-6-3-12(4-7-14)11-24-9-1-2-17(24)25/h3-8,10,23H,1-2,9,11H2. The molecule has 2 aromatic carbocycles. The van der Waals surface area contributed by atoms with E-state index in [1.54, 1.807) is 29.2 Å². The zero-order valence-electron chi connectivity index (χ0n) is 14.5. The van der Waals surface area contributed by atoms with Crippen LogP contribution in [0.25, 0.3) is 0 Å². The Bertz CT molecular complexity index is 989. The molecular weight excluding hydrogens is 400 g/mol. The van der Waals surface area contributed by atoms with Gasteiger partial charge < -0.3 is 10.2 Å². The summed E-state index contributed by atoms with van der Waals surface area (Å²) in [6.45, 7) is 1.09. The highest BCUT2D eigenvalue weighted by Crippen LogP contribution is 2.36. The Hall–Kier alpha value is -2.62. The van der Waals surface area contributed by atoms with Crippen LogP contribution in [-0.2, 0) is 21.2 Å². The van der Waals surface area contributed by atoms with Crippen molar-refractivity contribution in [2.75, 3.05) is 11.9 Å². The molecular formula is C18H16F4N2O3S. The minimum absolute atomic E-state index is 0.0653. The molecule has 1 aliphatic rings. The van der Waals surface area contributed by atoms with Crippen molar-refractivity contribution in [1.82, 2.24) is 4.90 Å². The first-order valence-electron chi connectivity index (χ1n) is 8.32. The smallest absolute Gasteiger partial charge is 0.354 e. The molecule has 0 atom stereocenters. The van der Waals surface area contributed by atoms with Crippen molar-refractivity contribution in [1.29, 1.82) is 0 Å². The van der Waals surface area contributed by atoms with Gasteiger partial charge in [-0.1, -0.05) is 12.1 Å². The van der Waals surface area contributed by atoms with Crippen molar-refractivity contribution in [3.63, 3.8) is 0 Å². The number of hydrogen-bond donors (Lipinski definition) is 1. The fourth-order valence-electron chi connectivity index (χ4n) is 2.89. The number of halogens is 4. The highest BCUT2D eigenvalue weighted by molar-refractivity contribution is 7.92. The molecule has 0 bridgehead atoms. The minimum Gasteiger partial charge on any atom is -0.354 e. The van der Waals surface area contributed by atoms with Crippen molar-refractivity contribution >= 4 is 27.1 Å². The maximum absolute atomic E-state index is 13.4. The molecule has 1 N–H and O–H groups in total. The van der Waals surface area contributed by atoms with Crippen molar-refractivity contribution in [2.24, 2.45) is 0 Å². The zero-order chi connectivity index (χ0) is 20.5. The predicted octanol–water partition coefficient (Wildman–Crippen LogP) is 3.99. The van der Waals surface area contributed by atoms with Gasteiger partial charge in [-0.05, 0) is 42.3 Å². The summed E-state index contributed by atoms with van der Waals surface area (Å²) in [4.78, 5) is 12.2. The van der Waals surface area contributed by atoms with Crippen LogP contribution in [0, 0.1) is 5.82 Å². The fourth-order valence-corrected chi connectivity index (χ4v) is 3.81. The Morgan fingerprint density at radius 3 is 2.32 bits per heavy atom. The second kappa shape index (κ2) is 7.42. The Kier molecular flexibility index (Phi) is 5.33. The molecule has 3 rings (SSSR count). The monoisotopic (exact) mass is 416 g/mol. The van der Waals surface area contributed by atoms with E-state index >= 15 is 0 Å². The highest BCUT2D eigenvalue weighted by Gasteiger charge is 2.48. The Morgan fingerprint density at radius 2 is 1.75 bits per heavy atom. The van der Waals surface area contributed by atoms with Crippen molar-refractivity contribution in [3.05, 3.63) is 53.8 Å². The largest absolute Gasteiger partial charge is 0.501 e. The van der Waals surface area contributed by atoms with Gasteiger partial charge in [-0.2, -0.15) is 13.2 Å². The molecule has 5 nitrogen and oxygen atoms in total. The summed E-state index contributed by atoms with van der Waals surface area (Å²) in [7, 11) is -5.73. The second-order valence-corrected chi connectivity index (χ2v) is 8.24. The van der Waals surface area contributed by atoms with Gasteiger partial charge in [-0.15, -0.1) is 0 Å². The Labute approximate surface area is 158 Å². The quantitative estimate of drug-likeness (QED) is 0.749. The van der Waals surface area contributed by atoms with Crippen LogP contribution in [0.4, 0.5) is 28.9 Å². The maximum atomic E-state index is 13.4. The molecule has 1 heterocycles. The average molecular weight is 416 g/mol. The first-order chi connectivity index (χ1) is 13.1. The van der Waals surface area contributed by atoms with Gasteiger partial charge in [0.25, 0.3) is 9.84 Å². The normalized spacial score (nSPS) is 15.1. The van der Waals surface area contributed by atoms with E-state index in [4.69, 9.17) is 0 Å². The summed E-state index contributed by atoms with van der Waals surface area (Å²) >= 11 is 0. The molecule has 0 radical (unpaired) electrons. The van der Waals surface area contributed by atoms with Gasteiger partial charge in [0.2, 0.25) is 5.91 Å². The van der Waals surface area contributed by atoms with Crippen molar-refractivity contribution in [2.45, 2.75) is 29.8 Å². The number of sulfone groups is 1. The van der Waals surface area contributed by atoms with Crippen LogP contribution in [0.1, 0.15) is 18.4 Å². The molecule has 1 saturated heterocycles. The zero-order valence-corrected chi connectivity index (χ0v) is 15.3. The lowest BCUT2D eigenvalue weighted by molar-refractivity contribution is -0.128. The molecule has 0 saturated carbocycles. The fraction of sp³-hybridized carbons (Fsp3) is 0.278. The molecule has 28 heavy (non-hydrogen) atoms. The van der Waals surface area contributed by atoms with Crippen LogP contribution in [-0.4, -0.2) is 31.3 Å². The van der Waals surface area contributed by atoms with Gasteiger partial charge in [0, 0.05) is 25.2 Å². The van der Waals surface area contributed by atoms with Gasteiger partial charge in [-0.25, -0.2) is 12.8 Å². The topological polar surface area (TPSA) is 66.5 Å². The first kappa shape index (κ1) is 20.1. The van der Waals surface area contributed by atoms with E-state index in [1.807, 2.05) is 0 Å². The molecule has 0 aromatic heterocycles. The summed E-state index contributed by atoms with van der Waals surface area (Å²) in [5.41, 5.74) is -4.80. The van der Waals surface area contributed by atoms with Crippen LogP contribution in [0.3, 0.4) is 0 Å². The Morgan fingerprint density at radius 1 is 1.07 bits per heavy atom. The second-order valence-electron chi connectivity index (χ2n) is 6.33. The van der Waals surface area contributed by atoms with Gasteiger partial charge in [0.05, 0.1) is 5.69 Å².